The SMILES string of the molecule is CCn1c2ccccc2c2cc(-c3nc(-c4ccc(N5CCN(C)CC5)cc4)c(-c4ccc(N5CCN(C)CC5)cc4)n3-c3ccc(OCCCOC4(C)O[C@H]5O[C@H](CO)[C@@H](O)[C@H](O)[C@H]5O4)cc3)ccc21. The molecule has 6 heterocycles. The van der Waals surface area contributed by atoms with Crippen LogP contribution in [0.5, 0.6) is 5.75 Å². The molecule has 5 aromatic carbocycles. The van der Waals surface area contributed by atoms with Crippen LogP contribution in [0.4, 0.5) is 11.4 Å². The lowest BCUT2D eigenvalue weighted by atomic mass is 9.99. The highest BCUT2D eigenvalue weighted by atomic mass is 16.9. The van der Waals surface area contributed by atoms with E-state index in [2.05, 4.69) is 153 Å². The highest BCUT2D eigenvalue weighted by Crippen LogP contribution is 2.42. The largest absolute Gasteiger partial charge is 0.494 e. The van der Waals surface area contributed by atoms with Gasteiger partial charge >= 0.3 is 0 Å². The zero-order valence-corrected chi connectivity index (χ0v) is 41.1. The van der Waals surface area contributed by atoms with Gasteiger partial charge in [-0.3, -0.25) is 9.30 Å². The number of imidazole rings is 1. The molecule has 3 N–H and O–H groups in total. The topological polar surface area (TPSA) is 143 Å². The van der Waals surface area contributed by atoms with Gasteiger partial charge in [-0.2, -0.15) is 0 Å². The maximum Gasteiger partial charge on any atom is 0.282 e. The Balaban J connectivity index is 0.929. The number of piperazine rings is 2. The molecule has 11 rings (SSSR count). The summed E-state index contributed by atoms with van der Waals surface area (Å²) in [6.07, 6.45) is -5.03. The Hall–Kier alpha value is -5.85. The molecule has 1 unspecified atom stereocenters. The first-order valence-corrected chi connectivity index (χ1v) is 25.2. The summed E-state index contributed by atoms with van der Waals surface area (Å²) in [5.74, 6) is 0.0375. The molecule has 0 saturated carbocycles. The molecule has 4 aliphatic heterocycles. The number of fused-ring (bicyclic) bond motifs is 4. The van der Waals surface area contributed by atoms with Gasteiger partial charge in [-0.25, -0.2) is 4.98 Å². The quantitative estimate of drug-likeness (QED) is 0.0984. The highest BCUT2D eigenvalue weighted by molar-refractivity contribution is 6.09. The van der Waals surface area contributed by atoms with Crippen LogP contribution in [-0.2, 0) is 25.5 Å². The zero-order chi connectivity index (χ0) is 48.8. The van der Waals surface area contributed by atoms with Gasteiger partial charge in [0.1, 0.15) is 36.0 Å². The van der Waals surface area contributed by atoms with Crippen molar-refractivity contribution in [3.63, 3.8) is 0 Å². The molecule has 7 aromatic rings. The van der Waals surface area contributed by atoms with Crippen LogP contribution < -0.4 is 14.5 Å². The summed E-state index contributed by atoms with van der Waals surface area (Å²) in [6.45, 7) is 12.9. The van der Waals surface area contributed by atoms with Crippen molar-refractivity contribution in [2.24, 2.45) is 0 Å². The average Bonchev–Trinajstić information content (AvgIpc) is 4.07. The van der Waals surface area contributed by atoms with Crippen LogP contribution in [0.1, 0.15) is 20.3 Å². The number of benzene rings is 5. The Bertz CT molecular complexity index is 2950. The lowest BCUT2D eigenvalue weighted by Crippen LogP contribution is -2.57. The Morgan fingerprint density at radius 1 is 0.662 bits per heavy atom. The lowest BCUT2D eigenvalue weighted by molar-refractivity contribution is -0.344. The number of rotatable bonds is 14. The normalized spacial score (nSPS) is 24.3. The predicted octanol–water partition coefficient (Wildman–Crippen LogP) is 6.82. The summed E-state index contributed by atoms with van der Waals surface area (Å²) < 4.78 is 34.3. The van der Waals surface area contributed by atoms with Crippen molar-refractivity contribution >= 4 is 33.2 Å². The third-order valence-electron chi connectivity index (χ3n) is 14.8. The number of para-hydroxylation sites is 1. The standard InChI is InChI=1S/C56H65N7O8/c1-5-62-46-10-7-6-9-44(46)45-35-39(15-24-47(45)62)54-57-49(37-11-16-40(17-12-37)60-29-25-58(3)26-30-60)50(38-13-18-41(19-14-38)61-31-27-59(4)28-32-61)63(54)42-20-22-43(23-21-42)67-33-8-34-68-56(2)70-53-52(66)51(65)48(36-64)69-55(53)71-56/h6-7,9-24,35,48,51-53,55,64-66H,5,8,25-34,36H2,1-4H3/t48-,51-,52+,53-,55-,56?/m1/s1. The van der Waals surface area contributed by atoms with E-state index < -0.39 is 43.3 Å². The lowest BCUT2D eigenvalue weighted by Gasteiger charge is -2.36. The summed E-state index contributed by atoms with van der Waals surface area (Å²) in [6, 6.07) is 41.6. The van der Waals surface area contributed by atoms with Gasteiger partial charge in [0.05, 0.1) is 31.2 Å². The van der Waals surface area contributed by atoms with Gasteiger partial charge in [-0.15, -0.1) is 0 Å². The zero-order valence-electron chi connectivity index (χ0n) is 41.1. The van der Waals surface area contributed by atoms with Gasteiger partial charge in [0.15, 0.2) is 6.29 Å². The van der Waals surface area contributed by atoms with E-state index in [4.69, 9.17) is 28.7 Å². The van der Waals surface area contributed by atoms with Crippen molar-refractivity contribution in [3.05, 3.63) is 115 Å². The number of nitrogens with zero attached hydrogens (tertiary/aromatic N) is 7. The molecule has 0 aliphatic carbocycles. The molecule has 2 aromatic heterocycles. The van der Waals surface area contributed by atoms with Crippen LogP contribution in [-0.4, -0.2) is 162 Å². The minimum absolute atomic E-state index is 0.228. The van der Waals surface area contributed by atoms with Gasteiger partial charge in [0.2, 0.25) is 0 Å². The minimum Gasteiger partial charge on any atom is -0.494 e. The Labute approximate surface area is 414 Å². The van der Waals surface area contributed by atoms with Crippen LogP contribution in [0.15, 0.2) is 115 Å². The fourth-order valence-electron chi connectivity index (χ4n) is 10.7. The van der Waals surface area contributed by atoms with Crippen molar-refractivity contribution in [1.29, 1.82) is 0 Å². The molecule has 15 heteroatoms. The van der Waals surface area contributed by atoms with E-state index in [1.54, 1.807) is 6.92 Å². The molecule has 4 fully saturated rings. The van der Waals surface area contributed by atoms with Gasteiger partial charge in [-0.1, -0.05) is 42.5 Å². The van der Waals surface area contributed by atoms with E-state index in [0.29, 0.717) is 18.8 Å². The van der Waals surface area contributed by atoms with Gasteiger partial charge in [0.25, 0.3) is 5.97 Å². The number of hydrogen-bond donors (Lipinski definition) is 3. The fraction of sp³-hybridized carbons (Fsp3) is 0.411. The number of hydrogen-bond acceptors (Lipinski definition) is 13. The first-order valence-electron chi connectivity index (χ1n) is 25.2. The van der Waals surface area contributed by atoms with Crippen molar-refractivity contribution in [1.82, 2.24) is 23.9 Å². The van der Waals surface area contributed by atoms with Crippen LogP contribution in [0.25, 0.3) is 61.4 Å². The molecule has 4 saturated heterocycles. The Morgan fingerprint density at radius 2 is 1.27 bits per heavy atom. The number of aromatic nitrogens is 3. The summed E-state index contributed by atoms with van der Waals surface area (Å²) in [7, 11) is 4.38. The van der Waals surface area contributed by atoms with Crippen LogP contribution in [0.2, 0.25) is 0 Å². The Kier molecular flexibility index (Phi) is 13.4. The number of aliphatic hydroxyl groups excluding tert-OH is 3. The number of anilines is 2. The molecule has 4 aliphatic rings. The van der Waals surface area contributed by atoms with Crippen LogP contribution >= 0.6 is 0 Å². The van der Waals surface area contributed by atoms with E-state index in [1.807, 2.05) is 12.1 Å². The third-order valence-corrected chi connectivity index (χ3v) is 14.8. The summed E-state index contributed by atoms with van der Waals surface area (Å²) >= 11 is 0. The highest BCUT2D eigenvalue weighted by Gasteiger charge is 2.56. The summed E-state index contributed by atoms with van der Waals surface area (Å²) in [4.78, 5) is 15.4. The first kappa shape index (κ1) is 47.5. The van der Waals surface area contributed by atoms with E-state index in [1.165, 1.54) is 33.2 Å². The first-order chi connectivity index (χ1) is 34.6. The van der Waals surface area contributed by atoms with Crippen molar-refractivity contribution in [2.75, 3.05) is 96.1 Å². The minimum atomic E-state index is -1.50. The number of likely N-dealkylation sites (N-methyl/N-ethyl adjacent to an activating group) is 2. The van der Waals surface area contributed by atoms with E-state index in [9.17, 15) is 15.3 Å². The monoisotopic (exact) mass is 963 g/mol. The molecule has 0 bridgehead atoms. The molecule has 0 amide bonds. The second-order valence-electron chi connectivity index (χ2n) is 19.4. The van der Waals surface area contributed by atoms with Crippen molar-refractivity contribution < 1.29 is 39.0 Å². The van der Waals surface area contributed by atoms with Crippen LogP contribution in [0.3, 0.4) is 0 Å². The number of aryl methyl sites for hydroxylation is 1. The van der Waals surface area contributed by atoms with Gasteiger partial charge < -0.3 is 58.4 Å². The molecule has 0 radical (unpaired) electrons. The third kappa shape index (κ3) is 9.31. The molecule has 15 nitrogen and oxygen atoms in total. The van der Waals surface area contributed by atoms with Crippen LogP contribution in [0, 0.1) is 0 Å². The smallest absolute Gasteiger partial charge is 0.282 e. The molecular formula is C56H65N7O8. The second kappa shape index (κ2) is 20.0. The molecular weight excluding hydrogens is 899 g/mol. The van der Waals surface area contributed by atoms with Crippen molar-refractivity contribution in [2.45, 2.75) is 63.5 Å². The number of aliphatic hydroxyl groups is 3. The molecule has 71 heavy (non-hydrogen) atoms. The Morgan fingerprint density at radius 3 is 1.92 bits per heavy atom. The van der Waals surface area contributed by atoms with Gasteiger partial charge in [-0.05, 0) is 93.8 Å². The van der Waals surface area contributed by atoms with E-state index >= 15 is 0 Å². The maximum atomic E-state index is 10.6. The predicted molar refractivity (Wildman–Crippen MR) is 276 cm³/mol. The van der Waals surface area contributed by atoms with Gasteiger partial charge in [0, 0.05) is 128 Å². The summed E-state index contributed by atoms with van der Waals surface area (Å²) in [5, 5.41) is 32.9. The van der Waals surface area contributed by atoms with Crippen molar-refractivity contribution in [3.8, 4) is 45.3 Å². The summed E-state index contributed by atoms with van der Waals surface area (Å²) in [5.41, 5.74) is 10.8. The average molecular weight is 964 g/mol. The second-order valence-corrected chi connectivity index (χ2v) is 19.4. The number of ether oxygens (including phenoxy) is 5. The molecule has 0 spiro atoms. The molecule has 372 valence electrons. The van der Waals surface area contributed by atoms with E-state index in [0.717, 1.165) is 98.5 Å². The molecule has 6 atom stereocenters. The fourth-order valence-corrected chi connectivity index (χ4v) is 10.7. The maximum absolute atomic E-state index is 10.6. The van der Waals surface area contributed by atoms with E-state index in [-0.39, 0.29) is 6.61 Å².